The van der Waals surface area contributed by atoms with Gasteiger partial charge >= 0.3 is 0 Å². The van der Waals surface area contributed by atoms with Crippen molar-refractivity contribution in [2.75, 3.05) is 6.61 Å². The SMILES string of the molecule is O=C(N[C@@H](CO)Cc1c[nH]c2ccccc12)[C@H]1CCCc2cccnc21. The van der Waals surface area contributed by atoms with E-state index in [0.717, 1.165) is 47.0 Å². The lowest BCUT2D eigenvalue weighted by Gasteiger charge is -2.25. The molecule has 26 heavy (non-hydrogen) atoms. The molecule has 0 aliphatic heterocycles. The highest BCUT2D eigenvalue weighted by molar-refractivity contribution is 5.85. The molecule has 0 bridgehead atoms. The molecular weight excluding hydrogens is 326 g/mol. The molecule has 2 heterocycles. The lowest BCUT2D eigenvalue weighted by molar-refractivity contribution is -0.124. The molecule has 5 nitrogen and oxygen atoms in total. The van der Waals surface area contributed by atoms with E-state index in [2.05, 4.69) is 27.4 Å². The van der Waals surface area contributed by atoms with Gasteiger partial charge in [0, 0.05) is 23.3 Å². The zero-order chi connectivity index (χ0) is 17.9. The van der Waals surface area contributed by atoms with Crippen molar-refractivity contribution < 1.29 is 9.90 Å². The first-order chi connectivity index (χ1) is 12.8. The highest BCUT2D eigenvalue weighted by atomic mass is 16.3. The Bertz CT molecular complexity index is 918. The van der Waals surface area contributed by atoms with E-state index in [-0.39, 0.29) is 24.5 Å². The van der Waals surface area contributed by atoms with Crippen molar-refractivity contribution in [3.8, 4) is 0 Å². The van der Waals surface area contributed by atoms with Crippen molar-refractivity contribution in [1.29, 1.82) is 0 Å². The fourth-order valence-electron chi connectivity index (χ4n) is 3.89. The summed E-state index contributed by atoms with van der Waals surface area (Å²) in [7, 11) is 0. The van der Waals surface area contributed by atoms with E-state index in [4.69, 9.17) is 0 Å². The summed E-state index contributed by atoms with van der Waals surface area (Å²) in [4.78, 5) is 20.5. The number of H-pyrrole nitrogens is 1. The number of rotatable bonds is 5. The van der Waals surface area contributed by atoms with Crippen LogP contribution in [0.25, 0.3) is 10.9 Å². The van der Waals surface area contributed by atoms with Gasteiger partial charge in [0.1, 0.15) is 0 Å². The zero-order valence-electron chi connectivity index (χ0n) is 14.6. The Kier molecular flexibility index (Phi) is 4.71. The molecule has 1 aliphatic rings. The van der Waals surface area contributed by atoms with Crippen LogP contribution in [-0.4, -0.2) is 33.6 Å². The summed E-state index contributed by atoms with van der Waals surface area (Å²) < 4.78 is 0. The number of benzene rings is 1. The number of hydrogen-bond acceptors (Lipinski definition) is 3. The number of amides is 1. The first-order valence-electron chi connectivity index (χ1n) is 9.16. The largest absolute Gasteiger partial charge is 0.394 e. The van der Waals surface area contributed by atoms with Gasteiger partial charge in [-0.2, -0.15) is 0 Å². The third-order valence-electron chi connectivity index (χ3n) is 5.22. The normalized spacial score (nSPS) is 17.7. The average molecular weight is 349 g/mol. The van der Waals surface area contributed by atoms with Crippen LogP contribution >= 0.6 is 0 Å². The first-order valence-corrected chi connectivity index (χ1v) is 9.16. The van der Waals surface area contributed by atoms with Crippen molar-refractivity contribution in [1.82, 2.24) is 15.3 Å². The van der Waals surface area contributed by atoms with Gasteiger partial charge in [0.25, 0.3) is 0 Å². The van der Waals surface area contributed by atoms with Crippen molar-refractivity contribution >= 4 is 16.8 Å². The summed E-state index contributed by atoms with van der Waals surface area (Å²) in [5, 5.41) is 14.0. The van der Waals surface area contributed by atoms with E-state index in [1.54, 1.807) is 6.20 Å². The van der Waals surface area contributed by atoms with Gasteiger partial charge in [-0.1, -0.05) is 24.3 Å². The van der Waals surface area contributed by atoms with Gasteiger partial charge < -0.3 is 15.4 Å². The number of pyridine rings is 1. The van der Waals surface area contributed by atoms with E-state index in [1.165, 1.54) is 0 Å². The maximum Gasteiger partial charge on any atom is 0.229 e. The van der Waals surface area contributed by atoms with Crippen molar-refractivity contribution in [2.24, 2.45) is 0 Å². The molecule has 1 amide bonds. The molecule has 0 fully saturated rings. The number of hydrogen-bond donors (Lipinski definition) is 3. The number of carbonyl (C=O) groups excluding carboxylic acids is 1. The lowest BCUT2D eigenvalue weighted by Crippen LogP contribution is -2.42. The van der Waals surface area contributed by atoms with E-state index >= 15 is 0 Å². The van der Waals surface area contributed by atoms with Gasteiger partial charge in [-0.05, 0) is 48.9 Å². The Morgan fingerprint density at radius 3 is 3.08 bits per heavy atom. The van der Waals surface area contributed by atoms with Gasteiger partial charge in [0.2, 0.25) is 5.91 Å². The smallest absolute Gasteiger partial charge is 0.229 e. The molecular formula is C21H23N3O2. The molecule has 1 aliphatic carbocycles. The quantitative estimate of drug-likeness (QED) is 0.663. The Balaban J connectivity index is 1.49. The molecule has 4 rings (SSSR count). The number of aliphatic hydroxyl groups is 1. The maximum atomic E-state index is 12.9. The molecule has 0 radical (unpaired) electrons. The van der Waals surface area contributed by atoms with E-state index in [0.29, 0.717) is 6.42 Å². The summed E-state index contributed by atoms with van der Waals surface area (Å²) in [5.41, 5.74) is 4.22. The Labute approximate surface area is 152 Å². The van der Waals surface area contributed by atoms with E-state index < -0.39 is 0 Å². The first kappa shape index (κ1) is 16.8. The predicted octanol–water partition coefficient (Wildman–Crippen LogP) is 2.70. The highest BCUT2D eigenvalue weighted by Crippen LogP contribution is 2.30. The summed E-state index contributed by atoms with van der Waals surface area (Å²) >= 11 is 0. The zero-order valence-corrected chi connectivity index (χ0v) is 14.6. The molecule has 0 spiro atoms. The molecule has 5 heteroatoms. The molecule has 0 saturated heterocycles. The van der Waals surface area contributed by atoms with Crippen molar-refractivity contribution in [2.45, 2.75) is 37.6 Å². The Hall–Kier alpha value is -2.66. The Morgan fingerprint density at radius 1 is 1.31 bits per heavy atom. The third-order valence-corrected chi connectivity index (χ3v) is 5.22. The second-order valence-electron chi connectivity index (χ2n) is 6.94. The summed E-state index contributed by atoms with van der Waals surface area (Å²) in [6, 6.07) is 11.7. The highest BCUT2D eigenvalue weighted by Gasteiger charge is 2.29. The number of para-hydroxylation sites is 1. The van der Waals surface area contributed by atoms with Crippen LogP contribution < -0.4 is 5.32 Å². The summed E-state index contributed by atoms with van der Waals surface area (Å²) in [6.07, 6.45) is 7.07. The number of aromatic amines is 1. The molecule has 3 N–H and O–H groups in total. The van der Waals surface area contributed by atoms with E-state index in [9.17, 15) is 9.90 Å². The van der Waals surface area contributed by atoms with E-state index in [1.807, 2.05) is 30.5 Å². The number of nitrogens with one attached hydrogen (secondary N) is 2. The topological polar surface area (TPSA) is 78.0 Å². The summed E-state index contributed by atoms with van der Waals surface area (Å²) in [5.74, 6) is -0.263. The summed E-state index contributed by atoms with van der Waals surface area (Å²) in [6.45, 7) is -0.0902. The monoisotopic (exact) mass is 349 g/mol. The number of nitrogens with zero attached hydrogens (tertiary/aromatic N) is 1. The molecule has 0 saturated carbocycles. The van der Waals surface area contributed by atoms with Crippen LogP contribution in [0.15, 0.2) is 48.8 Å². The fraction of sp³-hybridized carbons (Fsp3) is 0.333. The predicted molar refractivity (Wildman–Crippen MR) is 101 cm³/mol. The molecule has 134 valence electrons. The average Bonchev–Trinajstić information content (AvgIpc) is 3.10. The van der Waals surface area contributed by atoms with Crippen LogP contribution in [-0.2, 0) is 17.6 Å². The minimum atomic E-state index is -0.309. The fourth-order valence-corrected chi connectivity index (χ4v) is 3.89. The molecule has 3 aromatic rings. The van der Waals surface area contributed by atoms with Gasteiger partial charge in [-0.15, -0.1) is 0 Å². The standard InChI is InChI=1S/C21H23N3O2/c25-13-16(11-15-12-23-19-9-2-1-7-17(15)19)24-21(26)18-8-3-5-14-6-4-10-22-20(14)18/h1-2,4,6-7,9-10,12,16,18,23,25H,3,5,8,11,13H2,(H,24,26)/t16-,18+/m1/s1. The van der Waals surface area contributed by atoms with Gasteiger partial charge in [-0.25, -0.2) is 0 Å². The van der Waals surface area contributed by atoms with Crippen LogP contribution in [0.1, 0.15) is 35.6 Å². The molecule has 1 aromatic carbocycles. The number of aliphatic hydroxyl groups excluding tert-OH is 1. The van der Waals surface area contributed by atoms with Crippen LogP contribution in [0.2, 0.25) is 0 Å². The van der Waals surface area contributed by atoms with Gasteiger partial charge in [0.15, 0.2) is 0 Å². The second kappa shape index (κ2) is 7.30. The Morgan fingerprint density at radius 2 is 2.19 bits per heavy atom. The van der Waals surface area contributed by atoms with Crippen molar-refractivity contribution in [3.63, 3.8) is 0 Å². The molecule has 2 atom stereocenters. The number of aromatic nitrogens is 2. The van der Waals surface area contributed by atoms with Crippen LogP contribution in [0.4, 0.5) is 0 Å². The van der Waals surface area contributed by atoms with Gasteiger partial charge in [0.05, 0.1) is 24.3 Å². The second-order valence-corrected chi connectivity index (χ2v) is 6.94. The lowest BCUT2D eigenvalue weighted by atomic mass is 9.86. The number of fused-ring (bicyclic) bond motifs is 2. The van der Waals surface area contributed by atoms with Crippen LogP contribution in [0, 0.1) is 0 Å². The minimum Gasteiger partial charge on any atom is -0.394 e. The van der Waals surface area contributed by atoms with Gasteiger partial charge in [-0.3, -0.25) is 9.78 Å². The minimum absolute atomic E-state index is 0.0384. The number of aryl methyl sites for hydroxylation is 1. The number of carbonyl (C=O) groups is 1. The maximum absolute atomic E-state index is 12.9. The molecule has 2 aromatic heterocycles. The van der Waals surface area contributed by atoms with Crippen molar-refractivity contribution in [3.05, 3.63) is 65.6 Å². The molecule has 0 unspecified atom stereocenters. The van der Waals surface area contributed by atoms with Crippen LogP contribution in [0.3, 0.4) is 0 Å². The third kappa shape index (κ3) is 3.22. The van der Waals surface area contributed by atoms with Crippen LogP contribution in [0.5, 0.6) is 0 Å².